The first-order chi connectivity index (χ1) is 12.6. The summed E-state index contributed by atoms with van der Waals surface area (Å²) in [6.07, 6.45) is 1.61. The van der Waals surface area contributed by atoms with Gasteiger partial charge < -0.3 is 14.8 Å². The number of nitrogens with zero attached hydrogens (tertiary/aromatic N) is 3. The molecule has 0 spiro atoms. The highest BCUT2D eigenvalue weighted by atomic mass is 16.5. The van der Waals surface area contributed by atoms with Crippen LogP contribution in [0.2, 0.25) is 0 Å². The van der Waals surface area contributed by atoms with Crippen molar-refractivity contribution in [2.45, 2.75) is 13.0 Å². The molecule has 7 heteroatoms. The summed E-state index contributed by atoms with van der Waals surface area (Å²) in [5.41, 5.74) is 2.62. The van der Waals surface area contributed by atoms with E-state index in [1.807, 2.05) is 26.1 Å². The van der Waals surface area contributed by atoms with E-state index in [0.717, 1.165) is 30.1 Å². The minimum atomic E-state index is -0.0950. The molecule has 0 saturated carbocycles. The molecule has 140 valence electrons. The van der Waals surface area contributed by atoms with Gasteiger partial charge in [0.1, 0.15) is 5.75 Å². The van der Waals surface area contributed by atoms with Crippen LogP contribution >= 0.6 is 0 Å². The molecular weight excluding hydrogens is 332 g/mol. The maximum absolute atomic E-state index is 12.6. The molecule has 0 unspecified atom stereocenters. The third kappa shape index (κ3) is 4.05. The Morgan fingerprint density at radius 1 is 1.31 bits per heavy atom. The normalized spacial score (nSPS) is 16.3. The van der Waals surface area contributed by atoms with Crippen molar-refractivity contribution in [2.75, 3.05) is 40.0 Å². The summed E-state index contributed by atoms with van der Waals surface area (Å²) >= 11 is 0. The molecule has 1 atom stereocenters. The lowest BCUT2D eigenvalue weighted by Gasteiger charge is -2.35. The minimum absolute atomic E-state index is 0.0886. The van der Waals surface area contributed by atoms with Crippen LogP contribution in [0.15, 0.2) is 30.5 Å². The summed E-state index contributed by atoms with van der Waals surface area (Å²) in [5, 5.41) is 7.22. The third-order valence-electron chi connectivity index (χ3n) is 4.92. The standard InChI is InChI=1S/C19H26N4O3/c1-14-17(12-21-22(14)2)19(24)20-13-18(23-8-10-26-11-9-23)15-4-6-16(25-3)7-5-15/h4-7,12,18H,8-11,13H2,1-3H3,(H,20,24)/t18-/m1/s1. The Hall–Kier alpha value is -2.38. The van der Waals surface area contributed by atoms with Crippen LogP contribution < -0.4 is 10.1 Å². The topological polar surface area (TPSA) is 68.6 Å². The SMILES string of the molecule is COc1ccc([C@@H](CNC(=O)c2cnn(C)c2C)N2CCOCC2)cc1. The van der Waals surface area contributed by atoms with Crippen LogP contribution in [0.5, 0.6) is 5.75 Å². The second kappa shape index (κ2) is 8.33. The highest BCUT2D eigenvalue weighted by molar-refractivity contribution is 5.95. The van der Waals surface area contributed by atoms with Gasteiger partial charge in [-0.05, 0) is 24.6 Å². The molecule has 26 heavy (non-hydrogen) atoms. The molecule has 1 aromatic heterocycles. The van der Waals surface area contributed by atoms with Crippen LogP contribution in [0.25, 0.3) is 0 Å². The number of rotatable bonds is 6. The number of nitrogens with one attached hydrogen (secondary N) is 1. The predicted molar refractivity (Wildman–Crippen MR) is 98.4 cm³/mol. The predicted octanol–water partition coefficient (Wildman–Crippen LogP) is 1.54. The van der Waals surface area contributed by atoms with Gasteiger partial charge in [-0.2, -0.15) is 5.10 Å². The minimum Gasteiger partial charge on any atom is -0.497 e. The summed E-state index contributed by atoms with van der Waals surface area (Å²) < 4.78 is 12.4. The summed E-state index contributed by atoms with van der Waals surface area (Å²) in [5.74, 6) is 0.729. The van der Waals surface area contributed by atoms with Crippen molar-refractivity contribution in [3.63, 3.8) is 0 Å². The van der Waals surface area contributed by atoms with Gasteiger partial charge in [-0.1, -0.05) is 12.1 Å². The van der Waals surface area contributed by atoms with Gasteiger partial charge in [0.05, 0.1) is 38.1 Å². The van der Waals surface area contributed by atoms with Crippen LogP contribution in [-0.4, -0.2) is 60.5 Å². The molecule has 1 aromatic carbocycles. The summed E-state index contributed by atoms with van der Waals surface area (Å²) in [4.78, 5) is 14.9. The number of carbonyl (C=O) groups is 1. The Morgan fingerprint density at radius 2 is 2.00 bits per heavy atom. The van der Waals surface area contributed by atoms with E-state index in [2.05, 4.69) is 27.4 Å². The zero-order valence-corrected chi connectivity index (χ0v) is 15.6. The molecule has 2 aromatic rings. The number of methoxy groups -OCH3 is 1. The zero-order chi connectivity index (χ0) is 18.5. The van der Waals surface area contributed by atoms with Crippen LogP contribution in [0, 0.1) is 6.92 Å². The smallest absolute Gasteiger partial charge is 0.254 e. The summed E-state index contributed by atoms with van der Waals surface area (Å²) in [6.45, 7) is 5.53. The molecule has 7 nitrogen and oxygen atoms in total. The van der Waals surface area contributed by atoms with Crippen molar-refractivity contribution in [1.82, 2.24) is 20.0 Å². The fourth-order valence-electron chi connectivity index (χ4n) is 3.18. The largest absolute Gasteiger partial charge is 0.497 e. The van der Waals surface area contributed by atoms with Gasteiger partial charge in [0.15, 0.2) is 0 Å². The van der Waals surface area contributed by atoms with Gasteiger partial charge in [0, 0.05) is 32.4 Å². The molecule has 2 heterocycles. The monoisotopic (exact) mass is 358 g/mol. The van der Waals surface area contributed by atoms with Crippen molar-refractivity contribution in [2.24, 2.45) is 7.05 Å². The van der Waals surface area contributed by atoms with Crippen LogP contribution in [0.1, 0.15) is 27.7 Å². The summed E-state index contributed by atoms with van der Waals surface area (Å²) in [7, 11) is 3.49. The van der Waals surface area contributed by atoms with Crippen molar-refractivity contribution >= 4 is 5.91 Å². The zero-order valence-electron chi connectivity index (χ0n) is 15.6. The van der Waals surface area contributed by atoms with Crippen molar-refractivity contribution in [3.8, 4) is 5.75 Å². The van der Waals surface area contributed by atoms with Crippen LogP contribution in [-0.2, 0) is 11.8 Å². The second-order valence-corrected chi connectivity index (χ2v) is 6.41. The van der Waals surface area contributed by atoms with Gasteiger partial charge in [-0.15, -0.1) is 0 Å². The van der Waals surface area contributed by atoms with Crippen LogP contribution in [0.3, 0.4) is 0 Å². The highest BCUT2D eigenvalue weighted by Crippen LogP contribution is 2.24. The van der Waals surface area contributed by atoms with E-state index in [9.17, 15) is 4.79 Å². The van der Waals surface area contributed by atoms with Gasteiger partial charge in [-0.3, -0.25) is 14.4 Å². The molecule has 3 rings (SSSR count). The molecule has 1 amide bonds. The molecule has 0 aliphatic carbocycles. The van der Waals surface area contributed by atoms with E-state index in [0.29, 0.717) is 25.3 Å². The Morgan fingerprint density at radius 3 is 2.58 bits per heavy atom. The van der Waals surface area contributed by atoms with Crippen LogP contribution in [0.4, 0.5) is 0 Å². The van der Waals surface area contributed by atoms with E-state index >= 15 is 0 Å². The summed E-state index contributed by atoms with van der Waals surface area (Å²) in [6, 6.07) is 8.11. The lowest BCUT2D eigenvalue weighted by atomic mass is 10.0. The van der Waals surface area contributed by atoms with Crippen molar-refractivity contribution < 1.29 is 14.3 Å². The Balaban J connectivity index is 1.74. The molecule has 1 fully saturated rings. The Bertz CT molecular complexity index is 736. The number of ether oxygens (including phenoxy) is 2. The van der Waals surface area contributed by atoms with Gasteiger partial charge >= 0.3 is 0 Å². The van der Waals surface area contributed by atoms with E-state index < -0.39 is 0 Å². The number of hydrogen-bond donors (Lipinski definition) is 1. The van der Waals surface area contributed by atoms with Gasteiger partial charge in [0.2, 0.25) is 0 Å². The lowest BCUT2D eigenvalue weighted by Crippen LogP contribution is -2.43. The number of aryl methyl sites for hydroxylation is 1. The second-order valence-electron chi connectivity index (χ2n) is 6.41. The number of carbonyl (C=O) groups excluding carboxylic acids is 1. The molecule has 0 bridgehead atoms. The number of hydrogen-bond acceptors (Lipinski definition) is 5. The third-order valence-corrected chi connectivity index (χ3v) is 4.92. The average Bonchev–Trinajstić information content (AvgIpc) is 3.02. The first kappa shape index (κ1) is 18.4. The number of benzene rings is 1. The Kier molecular flexibility index (Phi) is 5.90. The molecule has 0 radical (unpaired) electrons. The fraction of sp³-hybridized carbons (Fsp3) is 0.474. The van der Waals surface area contributed by atoms with Crippen molar-refractivity contribution in [1.29, 1.82) is 0 Å². The van der Waals surface area contributed by atoms with Gasteiger partial charge in [0.25, 0.3) is 5.91 Å². The molecule has 1 aliphatic rings. The average molecular weight is 358 g/mol. The van der Waals surface area contributed by atoms with Crippen molar-refractivity contribution in [3.05, 3.63) is 47.3 Å². The van der Waals surface area contributed by atoms with E-state index in [1.54, 1.807) is 18.0 Å². The molecule has 1 aliphatic heterocycles. The van der Waals surface area contributed by atoms with E-state index in [-0.39, 0.29) is 11.9 Å². The lowest BCUT2D eigenvalue weighted by molar-refractivity contribution is 0.0162. The molecular formula is C19H26N4O3. The fourth-order valence-corrected chi connectivity index (χ4v) is 3.18. The van der Waals surface area contributed by atoms with E-state index in [1.165, 1.54) is 0 Å². The maximum atomic E-state index is 12.6. The first-order valence-electron chi connectivity index (χ1n) is 8.82. The Labute approximate surface area is 153 Å². The number of amides is 1. The highest BCUT2D eigenvalue weighted by Gasteiger charge is 2.24. The molecule has 1 saturated heterocycles. The van der Waals surface area contributed by atoms with Gasteiger partial charge in [-0.25, -0.2) is 0 Å². The quantitative estimate of drug-likeness (QED) is 0.848. The molecule has 1 N–H and O–H groups in total. The number of morpholine rings is 1. The maximum Gasteiger partial charge on any atom is 0.254 e. The van der Waals surface area contributed by atoms with E-state index in [4.69, 9.17) is 9.47 Å². The number of aromatic nitrogens is 2. The first-order valence-corrected chi connectivity index (χ1v) is 8.82.